The van der Waals surface area contributed by atoms with Gasteiger partial charge in [0.25, 0.3) is 0 Å². The minimum atomic E-state index is -0.328. The molecule has 3 nitrogen and oxygen atoms in total. The largest absolute Gasteiger partial charge is 0.351 e. The molecule has 1 N–H and O–H groups in total. The Hall–Kier alpha value is -2.39. The second kappa shape index (κ2) is 5.43. The van der Waals surface area contributed by atoms with Crippen molar-refractivity contribution in [2.24, 2.45) is 0 Å². The number of carbonyl (C=O) groups excluding carboxylic acids is 2. The first-order chi connectivity index (χ1) is 10.5. The van der Waals surface area contributed by atoms with E-state index in [1.165, 1.54) is 0 Å². The number of halogens is 1. The number of hydrogen-bond donors (Lipinski definition) is 1. The molecule has 0 radical (unpaired) electrons. The quantitative estimate of drug-likeness (QED) is 0.902. The Bertz CT molecular complexity index is 816. The van der Waals surface area contributed by atoms with Crippen LogP contribution in [0.2, 0.25) is 0 Å². The number of aryl methyl sites for hydroxylation is 2. The molecule has 0 fully saturated rings. The third kappa shape index (κ3) is 2.24. The summed E-state index contributed by atoms with van der Waals surface area (Å²) in [5.41, 5.74) is 3.64. The van der Waals surface area contributed by atoms with E-state index in [2.05, 4.69) is 5.32 Å². The molecule has 0 amide bonds. The monoisotopic (exact) mass is 311 g/mol. The smallest absolute Gasteiger partial charge is 0.211 e. The molecule has 2 aromatic rings. The van der Waals surface area contributed by atoms with E-state index < -0.39 is 0 Å². The first-order valence-corrected chi connectivity index (χ1v) is 7.30. The lowest BCUT2D eigenvalue weighted by molar-refractivity contribution is 0.0982. The average Bonchev–Trinajstić information content (AvgIpc) is 2.52. The van der Waals surface area contributed by atoms with Gasteiger partial charge in [-0.1, -0.05) is 54.1 Å². The lowest BCUT2D eigenvalue weighted by Gasteiger charge is -2.20. The second-order valence-electron chi connectivity index (χ2n) is 5.28. The van der Waals surface area contributed by atoms with Crippen LogP contribution in [0.25, 0.3) is 0 Å². The van der Waals surface area contributed by atoms with E-state index in [1.54, 1.807) is 24.3 Å². The van der Waals surface area contributed by atoms with Crippen molar-refractivity contribution in [3.05, 3.63) is 75.4 Å². The van der Waals surface area contributed by atoms with Gasteiger partial charge in [-0.15, -0.1) is 0 Å². The molecule has 3 rings (SSSR count). The van der Waals surface area contributed by atoms with Crippen molar-refractivity contribution in [1.82, 2.24) is 0 Å². The fourth-order valence-electron chi connectivity index (χ4n) is 2.59. The van der Waals surface area contributed by atoms with Crippen LogP contribution in [-0.2, 0) is 0 Å². The molecular weight excluding hydrogens is 298 g/mol. The number of anilines is 1. The van der Waals surface area contributed by atoms with Gasteiger partial charge in [-0.05, 0) is 25.0 Å². The molecule has 1 aliphatic rings. The Morgan fingerprint density at radius 2 is 1.36 bits per heavy atom. The predicted molar refractivity (Wildman–Crippen MR) is 87.5 cm³/mol. The molecule has 0 aliphatic heterocycles. The molecule has 0 atom stereocenters. The summed E-state index contributed by atoms with van der Waals surface area (Å²) >= 11 is 6.16. The number of rotatable bonds is 2. The van der Waals surface area contributed by atoms with E-state index in [-0.39, 0.29) is 22.3 Å². The van der Waals surface area contributed by atoms with Gasteiger partial charge in [0.15, 0.2) is 0 Å². The maximum Gasteiger partial charge on any atom is 0.211 e. The normalized spacial score (nSPS) is 14.1. The number of nitrogens with one attached hydrogen (secondary N) is 1. The Morgan fingerprint density at radius 1 is 0.818 bits per heavy atom. The van der Waals surface area contributed by atoms with Gasteiger partial charge in [-0.3, -0.25) is 9.59 Å². The van der Waals surface area contributed by atoms with Crippen LogP contribution in [-0.4, -0.2) is 11.6 Å². The average molecular weight is 312 g/mol. The van der Waals surface area contributed by atoms with Crippen molar-refractivity contribution in [1.29, 1.82) is 0 Å². The van der Waals surface area contributed by atoms with Crippen LogP contribution in [0.1, 0.15) is 31.8 Å². The summed E-state index contributed by atoms with van der Waals surface area (Å²) in [6.45, 7) is 3.87. The number of carbonyl (C=O) groups is 2. The van der Waals surface area contributed by atoms with Gasteiger partial charge in [-0.25, -0.2) is 0 Å². The number of benzene rings is 2. The molecule has 0 heterocycles. The predicted octanol–water partition coefficient (Wildman–Crippen LogP) is 4.24. The highest BCUT2D eigenvalue weighted by Crippen LogP contribution is 2.31. The van der Waals surface area contributed by atoms with E-state index in [0.717, 1.165) is 16.8 Å². The Morgan fingerprint density at radius 3 is 1.95 bits per heavy atom. The Kier molecular flexibility index (Phi) is 3.59. The van der Waals surface area contributed by atoms with E-state index in [1.807, 2.05) is 32.0 Å². The van der Waals surface area contributed by atoms with E-state index in [0.29, 0.717) is 11.1 Å². The highest BCUT2D eigenvalue weighted by Gasteiger charge is 2.31. The highest BCUT2D eigenvalue weighted by molar-refractivity contribution is 6.50. The molecule has 2 aromatic carbocycles. The highest BCUT2D eigenvalue weighted by atomic mass is 35.5. The Balaban J connectivity index is 2.10. The van der Waals surface area contributed by atoms with Crippen LogP contribution in [0.15, 0.2) is 53.2 Å². The van der Waals surface area contributed by atoms with Gasteiger partial charge in [-0.2, -0.15) is 0 Å². The zero-order valence-electron chi connectivity index (χ0n) is 12.2. The van der Waals surface area contributed by atoms with Gasteiger partial charge in [0, 0.05) is 16.8 Å². The summed E-state index contributed by atoms with van der Waals surface area (Å²) in [4.78, 5) is 25.0. The van der Waals surface area contributed by atoms with Gasteiger partial charge < -0.3 is 5.32 Å². The molecule has 1 aliphatic carbocycles. The van der Waals surface area contributed by atoms with Crippen molar-refractivity contribution >= 4 is 28.9 Å². The third-order valence-corrected chi connectivity index (χ3v) is 4.15. The summed E-state index contributed by atoms with van der Waals surface area (Å²) in [5.74, 6) is -0.589. The van der Waals surface area contributed by atoms with Gasteiger partial charge in [0.1, 0.15) is 10.7 Å². The van der Waals surface area contributed by atoms with Gasteiger partial charge in [0.2, 0.25) is 11.6 Å². The number of hydrogen-bond acceptors (Lipinski definition) is 3. The molecule has 0 aromatic heterocycles. The van der Waals surface area contributed by atoms with Crippen molar-refractivity contribution in [3.63, 3.8) is 0 Å². The molecule has 110 valence electrons. The van der Waals surface area contributed by atoms with E-state index in [4.69, 9.17) is 11.6 Å². The maximum absolute atomic E-state index is 12.6. The van der Waals surface area contributed by atoms with Gasteiger partial charge >= 0.3 is 0 Å². The molecule has 0 saturated heterocycles. The Labute approximate surface area is 133 Å². The number of allylic oxidation sites excluding steroid dienone is 2. The summed E-state index contributed by atoms with van der Waals surface area (Å²) < 4.78 is 0. The number of para-hydroxylation sites is 1. The lowest BCUT2D eigenvalue weighted by atomic mass is 9.92. The molecular formula is C18H14ClNO2. The molecule has 4 heteroatoms. The summed E-state index contributed by atoms with van der Waals surface area (Å²) in [6.07, 6.45) is 0. The minimum Gasteiger partial charge on any atom is -0.351 e. The van der Waals surface area contributed by atoms with E-state index >= 15 is 0 Å². The lowest BCUT2D eigenvalue weighted by Crippen LogP contribution is -2.24. The SMILES string of the molecule is Cc1cccc(C)c1NC1=C(Cl)C(=O)c2ccccc2C1=O. The minimum absolute atomic E-state index is 0.0636. The molecule has 0 spiro atoms. The third-order valence-electron chi connectivity index (χ3n) is 3.79. The first kappa shape index (κ1) is 14.5. The van der Waals surface area contributed by atoms with Crippen LogP contribution in [0, 0.1) is 13.8 Å². The van der Waals surface area contributed by atoms with Gasteiger partial charge in [0.05, 0.1) is 0 Å². The first-order valence-electron chi connectivity index (χ1n) is 6.92. The van der Waals surface area contributed by atoms with Crippen LogP contribution in [0.4, 0.5) is 5.69 Å². The molecule has 0 bridgehead atoms. The number of fused-ring (bicyclic) bond motifs is 1. The van der Waals surface area contributed by atoms with Crippen LogP contribution < -0.4 is 5.32 Å². The molecule has 22 heavy (non-hydrogen) atoms. The van der Waals surface area contributed by atoms with E-state index in [9.17, 15) is 9.59 Å². The maximum atomic E-state index is 12.6. The van der Waals surface area contributed by atoms with Crippen molar-refractivity contribution in [2.75, 3.05) is 5.32 Å². The number of Topliss-reactive ketones (excluding diaryl/α,β-unsaturated/α-hetero) is 2. The number of ketones is 2. The standard InChI is InChI=1S/C18H14ClNO2/c1-10-6-5-7-11(2)15(10)20-16-14(19)17(21)12-8-3-4-9-13(12)18(16)22/h3-9,20H,1-2H3. The topological polar surface area (TPSA) is 46.2 Å². The summed E-state index contributed by atoms with van der Waals surface area (Å²) in [6, 6.07) is 12.5. The molecule has 0 saturated carbocycles. The second-order valence-corrected chi connectivity index (χ2v) is 5.66. The zero-order valence-corrected chi connectivity index (χ0v) is 13.0. The van der Waals surface area contributed by atoms with Crippen LogP contribution in [0.5, 0.6) is 0 Å². The summed E-state index contributed by atoms with van der Waals surface area (Å²) in [7, 11) is 0. The zero-order chi connectivity index (χ0) is 15.9. The van der Waals surface area contributed by atoms with Crippen molar-refractivity contribution < 1.29 is 9.59 Å². The molecule has 0 unspecified atom stereocenters. The van der Waals surface area contributed by atoms with Crippen molar-refractivity contribution in [2.45, 2.75) is 13.8 Å². The van der Waals surface area contributed by atoms with Crippen LogP contribution >= 0.6 is 11.6 Å². The van der Waals surface area contributed by atoms with Crippen molar-refractivity contribution in [3.8, 4) is 0 Å². The fraction of sp³-hybridized carbons (Fsp3) is 0.111. The fourth-order valence-corrected chi connectivity index (χ4v) is 2.83. The van der Waals surface area contributed by atoms with Crippen LogP contribution in [0.3, 0.4) is 0 Å². The summed E-state index contributed by atoms with van der Waals surface area (Å²) in [5, 5.41) is 3.00.